The lowest BCUT2D eigenvalue weighted by Crippen LogP contribution is -2.39. The van der Waals surface area contributed by atoms with Crippen molar-refractivity contribution in [3.05, 3.63) is 71.3 Å². The first-order chi connectivity index (χ1) is 12.5. The number of carbonyl (C=O) groups is 2. The molecule has 0 radical (unpaired) electrons. The highest BCUT2D eigenvalue weighted by Gasteiger charge is 2.19. The van der Waals surface area contributed by atoms with Crippen molar-refractivity contribution in [2.75, 3.05) is 13.6 Å². The molecule has 26 heavy (non-hydrogen) atoms. The van der Waals surface area contributed by atoms with Crippen LogP contribution in [0, 0.1) is 6.92 Å². The number of hydrogen-bond acceptors (Lipinski definition) is 3. The van der Waals surface area contributed by atoms with Gasteiger partial charge in [-0.2, -0.15) is 0 Å². The Balaban J connectivity index is 2.08. The number of amides is 2. The van der Waals surface area contributed by atoms with Crippen molar-refractivity contribution in [2.24, 2.45) is 0 Å². The van der Waals surface area contributed by atoms with Crippen LogP contribution >= 0.6 is 0 Å². The zero-order valence-corrected chi connectivity index (χ0v) is 15.6. The first kappa shape index (κ1) is 19.7. The molecule has 0 heterocycles. The highest BCUT2D eigenvalue weighted by Crippen LogP contribution is 2.17. The molecule has 0 aliphatic rings. The van der Waals surface area contributed by atoms with Crippen molar-refractivity contribution >= 4 is 11.8 Å². The van der Waals surface area contributed by atoms with E-state index in [9.17, 15) is 9.59 Å². The van der Waals surface area contributed by atoms with Gasteiger partial charge in [-0.25, -0.2) is 0 Å². The van der Waals surface area contributed by atoms with Crippen LogP contribution in [0.5, 0.6) is 0 Å². The molecule has 5 nitrogen and oxygen atoms in total. The zero-order valence-electron chi connectivity index (χ0n) is 15.6. The summed E-state index contributed by atoms with van der Waals surface area (Å²) in [5.74, 6) is -0.277. The van der Waals surface area contributed by atoms with E-state index >= 15 is 0 Å². The maximum atomic E-state index is 12.6. The van der Waals surface area contributed by atoms with Gasteiger partial charge in [-0.05, 0) is 38.6 Å². The third-order valence-electron chi connectivity index (χ3n) is 4.31. The fourth-order valence-electron chi connectivity index (χ4n) is 2.51. The standard InChI is InChI=1S/C21H27N3O2/c1-15-9-11-18(12-10-15)21(26)24-19(17-7-5-4-6-8-17)13-20(25)23-14-16(2)22-3/h4-12,16,19,22H,13-14H2,1-3H3,(H,23,25)(H,24,26). The molecule has 0 fully saturated rings. The minimum absolute atomic E-state index is 0.0924. The number of likely N-dealkylation sites (N-methyl/N-ethyl adjacent to an activating group) is 1. The van der Waals surface area contributed by atoms with Crippen molar-refractivity contribution in [2.45, 2.75) is 32.4 Å². The predicted molar refractivity (Wildman–Crippen MR) is 104 cm³/mol. The van der Waals surface area contributed by atoms with Gasteiger partial charge in [0.25, 0.3) is 5.91 Å². The molecule has 5 heteroatoms. The lowest BCUT2D eigenvalue weighted by molar-refractivity contribution is -0.121. The number of rotatable bonds is 8. The van der Waals surface area contributed by atoms with E-state index in [0.717, 1.165) is 11.1 Å². The molecule has 0 saturated carbocycles. The maximum Gasteiger partial charge on any atom is 0.251 e. The number of nitrogens with one attached hydrogen (secondary N) is 3. The van der Waals surface area contributed by atoms with Crippen LogP contribution in [0.15, 0.2) is 54.6 Å². The van der Waals surface area contributed by atoms with Gasteiger partial charge in [0, 0.05) is 18.2 Å². The maximum absolute atomic E-state index is 12.6. The molecule has 2 amide bonds. The summed E-state index contributed by atoms with van der Waals surface area (Å²) >= 11 is 0. The summed E-state index contributed by atoms with van der Waals surface area (Å²) in [6, 6.07) is 16.8. The number of benzene rings is 2. The second-order valence-corrected chi connectivity index (χ2v) is 6.50. The van der Waals surface area contributed by atoms with Gasteiger partial charge in [0.05, 0.1) is 12.5 Å². The van der Waals surface area contributed by atoms with E-state index in [1.54, 1.807) is 12.1 Å². The van der Waals surface area contributed by atoms with Gasteiger partial charge in [-0.1, -0.05) is 48.0 Å². The molecule has 2 unspecified atom stereocenters. The molecular weight excluding hydrogens is 326 g/mol. The van der Waals surface area contributed by atoms with Gasteiger partial charge in [0.2, 0.25) is 5.91 Å². The lowest BCUT2D eigenvalue weighted by Gasteiger charge is -2.20. The molecule has 0 spiro atoms. The Morgan fingerprint density at radius 1 is 1.00 bits per heavy atom. The lowest BCUT2D eigenvalue weighted by atomic mass is 10.0. The normalized spacial score (nSPS) is 12.9. The van der Waals surface area contributed by atoms with Crippen molar-refractivity contribution < 1.29 is 9.59 Å². The Labute approximate surface area is 155 Å². The van der Waals surface area contributed by atoms with E-state index in [2.05, 4.69) is 16.0 Å². The Morgan fingerprint density at radius 3 is 2.27 bits per heavy atom. The molecular formula is C21H27N3O2. The number of carbonyl (C=O) groups excluding carboxylic acids is 2. The van der Waals surface area contributed by atoms with E-state index in [1.165, 1.54) is 0 Å². The molecule has 2 atom stereocenters. The molecule has 0 bridgehead atoms. The Kier molecular flexibility index (Phi) is 7.36. The first-order valence-electron chi connectivity index (χ1n) is 8.86. The van der Waals surface area contributed by atoms with Gasteiger partial charge < -0.3 is 16.0 Å². The van der Waals surface area contributed by atoms with Crippen molar-refractivity contribution in [1.29, 1.82) is 0 Å². The van der Waals surface area contributed by atoms with Crippen LogP contribution in [0.2, 0.25) is 0 Å². The van der Waals surface area contributed by atoms with Gasteiger partial charge >= 0.3 is 0 Å². The molecule has 0 aromatic heterocycles. The van der Waals surface area contributed by atoms with E-state index < -0.39 is 0 Å². The fourth-order valence-corrected chi connectivity index (χ4v) is 2.51. The SMILES string of the molecule is CNC(C)CNC(=O)CC(NC(=O)c1ccc(C)cc1)c1ccccc1. The Hall–Kier alpha value is -2.66. The van der Waals surface area contributed by atoms with Crippen LogP contribution in [0.3, 0.4) is 0 Å². The molecule has 2 rings (SSSR count). The quantitative estimate of drug-likeness (QED) is 0.683. The van der Waals surface area contributed by atoms with Crippen LogP contribution in [-0.4, -0.2) is 31.4 Å². The van der Waals surface area contributed by atoms with E-state index in [0.29, 0.717) is 12.1 Å². The van der Waals surface area contributed by atoms with Gasteiger partial charge in [0.1, 0.15) is 0 Å². The van der Waals surface area contributed by atoms with Gasteiger partial charge in [0.15, 0.2) is 0 Å². The largest absolute Gasteiger partial charge is 0.354 e. The summed E-state index contributed by atoms with van der Waals surface area (Å²) < 4.78 is 0. The van der Waals surface area contributed by atoms with Gasteiger partial charge in [-0.15, -0.1) is 0 Å². The smallest absolute Gasteiger partial charge is 0.251 e. The monoisotopic (exact) mass is 353 g/mol. The summed E-state index contributed by atoms with van der Waals surface area (Å²) in [5.41, 5.74) is 2.59. The summed E-state index contributed by atoms with van der Waals surface area (Å²) in [4.78, 5) is 24.9. The highest BCUT2D eigenvalue weighted by atomic mass is 16.2. The van der Waals surface area contributed by atoms with Crippen LogP contribution in [0.4, 0.5) is 0 Å². The highest BCUT2D eigenvalue weighted by molar-refractivity contribution is 5.94. The van der Waals surface area contributed by atoms with Crippen LogP contribution in [0.25, 0.3) is 0 Å². The Bertz CT molecular complexity index is 714. The van der Waals surface area contributed by atoms with E-state index in [1.807, 2.05) is 63.4 Å². The van der Waals surface area contributed by atoms with Crippen LogP contribution < -0.4 is 16.0 Å². The van der Waals surface area contributed by atoms with E-state index in [4.69, 9.17) is 0 Å². The molecule has 0 aliphatic heterocycles. The van der Waals surface area contributed by atoms with Crippen molar-refractivity contribution in [1.82, 2.24) is 16.0 Å². The molecule has 3 N–H and O–H groups in total. The average Bonchev–Trinajstić information content (AvgIpc) is 2.66. The third kappa shape index (κ3) is 6.01. The summed E-state index contributed by atoms with van der Waals surface area (Å²) in [6.45, 7) is 4.52. The fraction of sp³-hybridized carbons (Fsp3) is 0.333. The zero-order chi connectivity index (χ0) is 18.9. The summed E-state index contributed by atoms with van der Waals surface area (Å²) in [5, 5.41) is 8.97. The molecule has 2 aromatic carbocycles. The third-order valence-corrected chi connectivity index (χ3v) is 4.31. The summed E-state index contributed by atoms with van der Waals surface area (Å²) in [6.07, 6.45) is 0.193. The number of aryl methyl sites for hydroxylation is 1. The molecule has 138 valence electrons. The second-order valence-electron chi connectivity index (χ2n) is 6.50. The number of hydrogen-bond donors (Lipinski definition) is 3. The first-order valence-corrected chi connectivity index (χ1v) is 8.86. The predicted octanol–water partition coefficient (Wildman–Crippen LogP) is 2.58. The van der Waals surface area contributed by atoms with Crippen LogP contribution in [-0.2, 0) is 4.79 Å². The summed E-state index contributed by atoms with van der Waals surface area (Å²) in [7, 11) is 1.85. The van der Waals surface area contributed by atoms with Crippen LogP contribution in [0.1, 0.15) is 40.9 Å². The minimum atomic E-state index is -0.380. The topological polar surface area (TPSA) is 70.2 Å². The second kappa shape index (κ2) is 9.73. The minimum Gasteiger partial charge on any atom is -0.354 e. The van der Waals surface area contributed by atoms with Gasteiger partial charge in [-0.3, -0.25) is 9.59 Å². The van der Waals surface area contributed by atoms with Crippen molar-refractivity contribution in [3.8, 4) is 0 Å². The average molecular weight is 353 g/mol. The Morgan fingerprint density at radius 2 is 1.65 bits per heavy atom. The molecule has 2 aromatic rings. The molecule has 0 saturated heterocycles. The molecule has 0 aliphatic carbocycles. The van der Waals surface area contributed by atoms with Crippen molar-refractivity contribution in [3.63, 3.8) is 0 Å². The van der Waals surface area contributed by atoms with E-state index in [-0.39, 0.29) is 30.3 Å².